The Morgan fingerprint density at radius 2 is 2.11 bits per heavy atom. The van der Waals surface area contributed by atoms with E-state index < -0.39 is 0 Å². The number of piperidine rings is 1. The van der Waals surface area contributed by atoms with E-state index >= 15 is 0 Å². The number of nitrogens with one attached hydrogen (secondary N) is 2. The van der Waals surface area contributed by atoms with Gasteiger partial charge in [-0.15, -0.1) is 0 Å². The SMILES string of the molecule is Cc1ccc2nc(N3CCC[C@H](C(=O)NCCCc4ccccc4)C3)[nH]c2c1. The van der Waals surface area contributed by atoms with E-state index in [1.165, 1.54) is 11.1 Å². The Morgan fingerprint density at radius 1 is 1.25 bits per heavy atom. The maximum absolute atomic E-state index is 12.6. The lowest BCUT2D eigenvalue weighted by molar-refractivity contribution is -0.125. The van der Waals surface area contributed by atoms with E-state index in [1.54, 1.807) is 0 Å². The van der Waals surface area contributed by atoms with Crippen LogP contribution in [-0.4, -0.2) is 35.5 Å². The molecule has 0 radical (unpaired) electrons. The largest absolute Gasteiger partial charge is 0.356 e. The fraction of sp³-hybridized carbons (Fsp3) is 0.391. The van der Waals surface area contributed by atoms with Gasteiger partial charge in [0.1, 0.15) is 0 Å². The molecule has 1 fully saturated rings. The molecule has 5 nitrogen and oxygen atoms in total. The lowest BCUT2D eigenvalue weighted by Crippen LogP contribution is -2.43. The predicted octanol–water partition coefficient (Wildman–Crippen LogP) is 3.84. The third kappa shape index (κ3) is 4.35. The van der Waals surface area contributed by atoms with Gasteiger partial charge in [-0.3, -0.25) is 4.79 Å². The van der Waals surface area contributed by atoms with E-state index in [4.69, 9.17) is 4.98 Å². The van der Waals surface area contributed by atoms with Crippen LogP contribution in [0.5, 0.6) is 0 Å². The molecule has 1 saturated heterocycles. The van der Waals surface area contributed by atoms with Gasteiger partial charge in [0.2, 0.25) is 11.9 Å². The zero-order chi connectivity index (χ0) is 19.3. The quantitative estimate of drug-likeness (QED) is 0.643. The molecule has 1 aliphatic rings. The highest BCUT2D eigenvalue weighted by atomic mass is 16.1. The average Bonchev–Trinajstić information content (AvgIpc) is 3.15. The summed E-state index contributed by atoms with van der Waals surface area (Å²) < 4.78 is 0. The van der Waals surface area contributed by atoms with E-state index in [2.05, 4.69) is 58.5 Å². The maximum Gasteiger partial charge on any atom is 0.224 e. The predicted molar refractivity (Wildman–Crippen MR) is 114 cm³/mol. The Labute approximate surface area is 166 Å². The van der Waals surface area contributed by atoms with Crippen molar-refractivity contribution < 1.29 is 4.79 Å². The average molecular weight is 377 g/mol. The Hall–Kier alpha value is -2.82. The minimum atomic E-state index is 0.0282. The van der Waals surface area contributed by atoms with Gasteiger partial charge in [-0.25, -0.2) is 4.98 Å². The molecular weight excluding hydrogens is 348 g/mol. The second-order valence-corrected chi connectivity index (χ2v) is 7.75. The number of rotatable bonds is 6. The Balaban J connectivity index is 1.30. The third-order valence-corrected chi connectivity index (χ3v) is 5.50. The molecule has 28 heavy (non-hydrogen) atoms. The fourth-order valence-electron chi connectivity index (χ4n) is 3.94. The minimum Gasteiger partial charge on any atom is -0.356 e. The number of amides is 1. The van der Waals surface area contributed by atoms with Crippen molar-refractivity contribution in [1.82, 2.24) is 15.3 Å². The van der Waals surface area contributed by atoms with Gasteiger partial charge in [0.05, 0.1) is 17.0 Å². The van der Waals surface area contributed by atoms with Gasteiger partial charge in [0, 0.05) is 19.6 Å². The highest BCUT2D eigenvalue weighted by molar-refractivity contribution is 5.80. The molecule has 5 heteroatoms. The summed E-state index contributed by atoms with van der Waals surface area (Å²) in [4.78, 5) is 23.0. The van der Waals surface area contributed by atoms with Crippen LogP contribution in [0.2, 0.25) is 0 Å². The molecule has 1 amide bonds. The summed E-state index contributed by atoms with van der Waals surface area (Å²) in [5, 5.41) is 3.13. The van der Waals surface area contributed by atoms with Crippen molar-refractivity contribution in [2.24, 2.45) is 5.92 Å². The molecule has 1 atom stereocenters. The number of carbonyl (C=O) groups is 1. The van der Waals surface area contributed by atoms with E-state index in [0.717, 1.165) is 62.3 Å². The Kier molecular flexibility index (Phi) is 5.60. The lowest BCUT2D eigenvalue weighted by atomic mass is 9.97. The summed E-state index contributed by atoms with van der Waals surface area (Å²) >= 11 is 0. The number of aryl methyl sites for hydroxylation is 2. The molecule has 1 aromatic heterocycles. The molecule has 3 aromatic rings. The Morgan fingerprint density at radius 3 is 2.96 bits per heavy atom. The number of nitrogens with zero attached hydrogens (tertiary/aromatic N) is 2. The second kappa shape index (κ2) is 8.46. The van der Waals surface area contributed by atoms with Crippen molar-refractivity contribution in [3.8, 4) is 0 Å². The number of aromatic nitrogens is 2. The first kappa shape index (κ1) is 18.5. The van der Waals surface area contributed by atoms with Crippen LogP contribution in [0.1, 0.15) is 30.4 Å². The number of imidazole rings is 1. The first-order chi connectivity index (χ1) is 13.7. The smallest absolute Gasteiger partial charge is 0.224 e. The molecule has 0 bridgehead atoms. The number of carbonyl (C=O) groups excluding carboxylic acids is 1. The van der Waals surface area contributed by atoms with E-state index in [0.29, 0.717) is 0 Å². The number of H-pyrrole nitrogens is 1. The van der Waals surface area contributed by atoms with Crippen LogP contribution in [0.4, 0.5) is 5.95 Å². The number of anilines is 1. The summed E-state index contributed by atoms with van der Waals surface area (Å²) in [7, 11) is 0. The molecule has 0 unspecified atom stereocenters. The molecule has 4 rings (SSSR count). The monoisotopic (exact) mass is 376 g/mol. The van der Waals surface area contributed by atoms with Gasteiger partial charge in [-0.2, -0.15) is 0 Å². The number of benzene rings is 2. The maximum atomic E-state index is 12.6. The standard InChI is InChI=1S/C23H28N4O/c1-17-11-12-20-21(15-17)26-23(25-20)27-14-6-10-19(16-27)22(28)24-13-5-9-18-7-3-2-4-8-18/h2-4,7-8,11-12,15,19H,5-6,9-10,13-14,16H2,1H3,(H,24,28)(H,25,26)/t19-/m0/s1. The first-order valence-electron chi connectivity index (χ1n) is 10.2. The first-order valence-corrected chi connectivity index (χ1v) is 10.2. The summed E-state index contributed by atoms with van der Waals surface area (Å²) in [5.41, 5.74) is 4.57. The summed E-state index contributed by atoms with van der Waals surface area (Å²) in [6.07, 6.45) is 3.92. The second-order valence-electron chi connectivity index (χ2n) is 7.75. The number of fused-ring (bicyclic) bond motifs is 1. The van der Waals surface area contributed by atoms with E-state index in [9.17, 15) is 4.79 Å². The molecule has 2 heterocycles. The van der Waals surface area contributed by atoms with Crippen molar-refractivity contribution in [2.45, 2.75) is 32.6 Å². The van der Waals surface area contributed by atoms with Gasteiger partial charge >= 0.3 is 0 Å². The third-order valence-electron chi connectivity index (χ3n) is 5.50. The van der Waals surface area contributed by atoms with Crippen molar-refractivity contribution >= 4 is 22.9 Å². The fourth-order valence-corrected chi connectivity index (χ4v) is 3.94. The van der Waals surface area contributed by atoms with Crippen LogP contribution in [0.3, 0.4) is 0 Å². The van der Waals surface area contributed by atoms with E-state index in [1.807, 2.05) is 12.1 Å². The van der Waals surface area contributed by atoms with E-state index in [-0.39, 0.29) is 11.8 Å². The Bertz CT molecular complexity index is 934. The van der Waals surface area contributed by atoms with Crippen molar-refractivity contribution in [1.29, 1.82) is 0 Å². The summed E-state index contributed by atoms with van der Waals surface area (Å²) in [6.45, 7) is 4.48. The number of hydrogen-bond acceptors (Lipinski definition) is 3. The van der Waals surface area contributed by atoms with Gasteiger partial charge in [0.15, 0.2) is 0 Å². The van der Waals surface area contributed by atoms with Gasteiger partial charge in [-0.05, 0) is 55.9 Å². The van der Waals surface area contributed by atoms with Crippen LogP contribution < -0.4 is 10.2 Å². The number of aromatic amines is 1. The van der Waals surface area contributed by atoms with Crippen LogP contribution in [-0.2, 0) is 11.2 Å². The number of hydrogen-bond donors (Lipinski definition) is 2. The molecule has 0 aliphatic carbocycles. The van der Waals surface area contributed by atoms with Crippen LogP contribution >= 0.6 is 0 Å². The van der Waals surface area contributed by atoms with Crippen molar-refractivity contribution in [2.75, 3.05) is 24.5 Å². The van der Waals surface area contributed by atoms with Crippen LogP contribution in [0, 0.1) is 12.8 Å². The molecule has 1 aliphatic heterocycles. The molecular formula is C23H28N4O. The molecule has 2 aromatic carbocycles. The van der Waals surface area contributed by atoms with Crippen LogP contribution in [0.25, 0.3) is 11.0 Å². The zero-order valence-electron chi connectivity index (χ0n) is 16.4. The van der Waals surface area contributed by atoms with Gasteiger partial charge in [0.25, 0.3) is 0 Å². The highest BCUT2D eigenvalue weighted by Gasteiger charge is 2.27. The normalized spacial score (nSPS) is 17.0. The summed E-state index contributed by atoms with van der Waals surface area (Å²) in [6, 6.07) is 16.7. The molecule has 0 saturated carbocycles. The van der Waals surface area contributed by atoms with Crippen LogP contribution in [0.15, 0.2) is 48.5 Å². The molecule has 0 spiro atoms. The van der Waals surface area contributed by atoms with Gasteiger partial charge < -0.3 is 15.2 Å². The molecule has 146 valence electrons. The van der Waals surface area contributed by atoms with Crippen molar-refractivity contribution in [3.05, 3.63) is 59.7 Å². The van der Waals surface area contributed by atoms with Gasteiger partial charge in [-0.1, -0.05) is 36.4 Å². The minimum absolute atomic E-state index is 0.0282. The van der Waals surface area contributed by atoms with Crippen molar-refractivity contribution in [3.63, 3.8) is 0 Å². The molecule has 2 N–H and O–H groups in total. The summed E-state index contributed by atoms with van der Waals surface area (Å²) in [5.74, 6) is 1.08. The highest BCUT2D eigenvalue weighted by Crippen LogP contribution is 2.24. The lowest BCUT2D eigenvalue weighted by Gasteiger charge is -2.31. The topological polar surface area (TPSA) is 61.0 Å². The zero-order valence-corrected chi connectivity index (χ0v) is 16.4.